The number of ether oxygens (including phenoxy) is 1. The molecule has 0 saturated carbocycles. The zero-order chi connectivity index (χ0) is 13.3. The van der Waals surface area contributed by atoms with Gasteiger partial charge in [0.05, 0.1) is 24.9 Å². The van der Waals surface area contributed by atoms with Crippen molar-refractivity contribution in [3.05, 3.63) is 10.6 Å². The number of hydrogen-bond donors (Lipinski definition) is 1. The summed E-state index contributed by atoms with van der Waals surface area (Å²) in [5.74, 6) is -1.89. The molecule has 0 aliphatic carbocycles. The van der Waals surface area contributed by atoms with Gasteiger partial charge in [-0.2, -0.15) is 0 Å². The molecule has 0 aromatic carbocycles. The maximum Gasteiger partial charge on any atom is 0.311 e. The van der Waals surface area contributed by atoms with Gasteiger partial charge in [-0.25, -0.2) is 0 Å². The molecule has 1 aliphatic rings. The minimum atomic E-state index is -0.948. The van der Waals surface area contributed by atoms with E-state index in [1.807, 2.05) is 0 Å². The van der Waals surface area contributed by atoms with E-state index in [9.17, 15) is 9.59 Å². The quantitative estimate of drug-likeness (QED) is 0.833. The summed E-state index contributed by atoms with van der Waals surface area (Å²) in [4.78, 5) is 25.1. The lowest BCUT2D eigenvalue weighted by Gasteiger charge is -2.25. The minimum absolute atomic E-state index is 0.136. The second kappa shape index (κ2) is 4.99. The van der Waals surface area contributed by atoms with Crippen LogP contribution in [0.1, 0.15) is 15.4 Å². The van der Waals surface area contributed by atoms with Gasteiger partial charge in [-0.3, -0.25) is 9.59 Å². The molecule has 1 saturated heterocycles. The highest BCUT2D eigenvalue weighted by Gasteiger charge is 2.39. The summed E-state index contributed by atoms with van der Waals surface area (Å²) in [6, 6.07) is -0.448. The lowest BCUT2D eigenvalue weighted by Crippen LogP contribution is -2.44. The molecule has 1 fully saturated rings. The van der Waals surface area contributed by atoms with E-state index in [-0.39, 0.29) is 19.1 Å². The van der Waals surface area contributed by atoms with Gasteiger partial charge in [0.15, 0.2) is 0 Å². The Kier molecular flexibility index (Phi) is 3.58. The first-order valence-electron chi connectivity index (χ1n) is 5.39. The number of rotatable bonds is 3. The van der Waals surface area contributed by atoms with Gasteiger partial charge in [-0.15, -0.1) is 5.10 Å². The number of aryl methyl sites for hydroxylation is 1. The number of carbonyl (C=O) groups excluding carboxylic acids is 1. The molecule has 18 heavy (non-hydrogen) atoms. The Morgan fingerprint density at radius 1 is 1.50 bits per heavy atom. The Hall–Kier alpha value is -1.54. The summed E-state index contributed by atoms with van der Waals surface area (Å²) in [6.45, 7) is 2.08. The van der Waals surface area contributed by atoms with Gasteiger partial charge in [-0.05, 0) is 18.5 Å². The molecule has 1 N–H and O–H groups in total. The molecule has 8 heteroatoms. The number of amides is 1. The van der Waals surface area contributed by atoms with Crippen molar-refractivity contribution < 1.29 is 19.4 Å². The average molecular weight is 271 g/mol. The van der Waals surface area contributed by atoms with Crippen molar-refractivity contribution in [3.8, 4) is 0 Å². The molecular formula is C10H13N3O4S. The summed E-state index contributed by atoms with van der Waals surface area (Å²) in [7, 11) is 1.58. The molecule has 2 heterocycles. The van der Waals surface area contributed by atoms with Crippen LogP contribution < -0.4 is 0 Å². The number of aromatic nitrogens is 2. The number of carboxylic acids is 1. The molecule has 2 atom stereocenters. The predicted molar refractivity (Wildman–Crippen MR) is 62.5 cm³/mol. The van der Waals surface area contributed by atoms with Crippen LogP contribution in [0.15, 0.2) is 0 Å². The first-order chi connectivity index (χ1) is 8.52. The Morgan fingerprint density at radius 2 is 2.22 bits per heavy atom. The average Bonchev–Trinajstić information content (AvgIpc) is 2.95. The summed E-state index contributed by atoms with van der Waals surface area (Å²) in [5, 5.41) is 12.8. The first-order valence-corrected chi connectivity index (χ1v) is 6.16. The second-order valence-corrected chi connectivity index (χ2v) is 4.91. The third-order valence-corrected chi connectivity index (χ3v) is 3.85. The van der Waals surface area contributed by atoms with Crippen LogP contribution in [0.2, 0.25) is 0 Å². The number of carbonyl (C=O) groups is 2. The minimum Gasteiger partial charge on any atom is -0.481 e. The number of aliphatic carboxylic acids is 1. The van der Waals surface area contributed by atoms with Crippen molar-refractivity contribution in [2.45, 2.75) is 13.0 Å². The standard InChI is InChI=1S/C10H13N3O4S/c1-5-8(18-12-11-5)9(14)13(2)7-4-17-3-6(7)10(15)16/h6-7H,3-4H2,1-2H3,(H,15,16). The van der Waals surface area contributed by atoms with Crippen LogP contribution in [0.5, 0.6) is 0 Å². The third-order valence-electron chi connectivity index (χ3n) is 3.03. The summed E-state index contributed by atoms with van der Waals surface area (Å²) < 4.78 is 8.85. The van der Waals surface area contributed by atoms with Crippen LogP contribution >= 0.6 is 11.5 Å². The number of likely N-dealkylation sites (N-methyl/N-ethyl adjacent to an activating group) is 1. The largest absolute Gasteiger partial charge is 0.481 e. The molecular weight excluding hydrogens is 258 g/mol. The van der Waals surface area contributed by atoms with Crippen LogP contribution in [-0.4, -0.2) is 57.8 Å². The molecule has 0 radical (unpaired) electrons. The van der Waals surface area contributed by atoms with Gasteiger partial charge in [0.25, 0.3) is 5.91 Å². The highest BCUT2D eigenvalue weighted by molar-refractivity contribution is 7.07. The molecule has 0 spiro atoms. The molecule has 1 aliphatic heterocycles. The Bertz CT molecular complexity index is 475. The first kappa shape index (κ1) is 12.9. The monoisotopic (exact) mass is 271 g/mol. The fourth-order valence-electron chi connectivity index (χ4n) is 1.90. The van der Waals surface area contributed by atoms with Crippen molar-refractivity contribution in [1.29, 1.82) is 0 Å². The van der Waals surface area contributed by atoms with E-state index in [0.29, 0.717) is 10.6 Å². The van der Waals surface area contributed by atoms with E-state index < -0.39 is 17.9 Å². The summed E-state index contributed by atoms with van der Waals surface area (Å²) >= 11 is 1.01. The summed E-state index contributed by atoms with van der Waals surface area (Å²) in [5.41, 5.74) is 0.558. The molecule has 1 amide bonds. The topological polar surface area (TPSA) is 92.6 Å². The van der Waals surface area contributed by atoms with Crippen molar-refractivity contribution in [2.75, 3.05) is 20.3 Å². The van der Waals surface area contributed by atoms with Gasteiger partial charge in [0, 0.05) is 7.05 Å². The molecule has 1 aromatic heterocycles. The Morgan fingerprint density at radius 3 is 2.78 bits per heavy atom. The summed E-state index contributed by atoms with van der Waals surface area (Å²) in [6.07, 6.45) is 0. The van der Waals surface area contributed by atoms with E-state index >= 15 is 0 Å². The van der Waals surface area contributed by atoms with Gasteiger partial charge in [-0.1, -0.05) is 4.49 Å². The Labute approximate surface area is 108 Å². The van der Waals surface area contributed by atoms with Crippen LogP contribution in [0.4, 0.5) is 0 Å². The van der Waals surface area contributed by atoms with E-state index in [4.69, 9.17) is 9.84 Å². The molecule has 1 aromatic rings. The van der Waals surface area contributed by atoms with Crippen molar-refractivity contribution in [1.82, 2.24) is 14.5 Å². The smallest absolute Gasteiger partial charge is 0.311 e. The van der Waals surface area contributed by atoms with Gasteiger partial charge in [0.1, 0.15) is 10.8 Å². The van der Waals surface area contributed by atoms with Crippen molar-refractivity contribution >= 4 is 23.4 Å². The number of carboxylic acid groups (broad SMARTS) is 1. The van der Waals surface area contributed by atoms with E-state index in [1.54, 1.807) is 14.0 Å². The SMILES string of the molecule is Cc1nnsc1C(=O)N(C)C1COCC1C(=O)O. The highest BCUT2D eigenvalue weighted by Crippen LogP contribution is 2.22. The molecule has 0 bridgehead atoms. The fraction of sp³-hybridized carbons (Fsp3) is 0.600. The molecule has 7 nitrogen and oxygen atoms in total. The number of nitrogens with zero attached hydrogens (tertiary/aromatic N) is 3. The van der Waals surface area contributed by atoms with Gasteiger partial charge >= 0.3 is 5.97 Å². The van der Waals surface area contributed by atoms with E-state index in [0.717, 1.165) is 11.5 Å². The number of hydrogen-bond acceptors (Lipinski definition) is 6. The van der Waals surface area contributed by atoms with Crippen molar-refractivity contribution in [3.63, 3.8) is 0 Å². The Balaban J connectivity index is 2.16. The second-order valence-electron chi connectivity index (χ2n) is 4.15. The normalized spacial score (nSPS) is 23.0. The van der Waals surface area contributed by atoms with Crippen LogP contribution in [0.3, 0.4) is 0 Å². The van der Waals surface area contributed by atoms with Gasteiger partial charge in [0.2, 0.25) is 0 Å². The molecule has 98 valence electrons. The lowest BCUT2D eigenvalue weighted by atomic mass is 10.0. The highest BCUT2D eigenvalue weighted by atomic mass is 32.1. The maximum absolute atomic E-state index is 12.2. The van der Waals surface area contributed by atoms with Crippen LogP contribution in [0, 0.1) is 12.8 Å². The van der Waals surface area contributed by atoms with Crippen LogP contribution in [0.25, 0.3) is 0 Å². The third kappa shape index (κ3) is 2.21. The predicted octanol–water partition coefficient (Wildman–Crippen LogP) is 0.0181. The fourth-order valence-corrected chi connectivity index (χ4v) is 2.54. The van der Waals surface area contributed by atoms with Crippen LogP contribution in [-0.2, 0) is 9.53 Å². The van der Waals surface area contributed by atoms with E-state index in [2.05, 4.69) is 9.59 Å². The van der Waals surface area contributed by atoms with Gasteiger partial charge < -0.3 is 14.7 Å². The van der Waals surface area contributed by atoms with E-state index in [1.165, 1.54) is 4.90 Å². The zero-order valence-electron chi connectivity index (χ0n) is 9.99. The molecule has 2 rings (SSSR count). The lowest BCUT2D eigenvalue weighted by molar-refractivity contribution is -0.142. The molecule has 2 unspecified atom stereocenters. The zero-order valence-corrected chi connectivity index (χ0v) is 10.8. The maximum atomic E-state index is 12.2. The van der Waals surface area contributed by atoms with Crippen molar-refractivity contribution in [2.24, 2.45) is 5.92 Å².